The number of phenolic OH excluding ortho intramolecular Hbond substituents is 1. The average Bonchev–Trinajstić information content (AvgIpc) is 2.27. The third kappa shape index (κ3) is 2.37. The van der Waals surface area contributed by atoms with Crippen LogP contribution in [-0.4, -0.2) is 29.4 Å². The van der Waals surface area contributed by atoms with Crippen LogP contribution in [0.3, 0.4) is 0 Å². The number of carbonyl (C=O) groups excluding carboxylic acids is 1. The Labute approximate surface area is 90.8 Å². The van der Waals surface area contributed by atoms with Gasteiger partial charge >= 0.3 is 5.97 Å². The van der Waals surface area contributed by atoms with E-state index in [1.807, 2.05) is 0 Å². The number of hydrogen-bond donors (Lipinski definition) is 2. The SMILES string of the molecule is COc1cc(C(=O)O)cc(CN=C=O)c1O. The number of aromatic carboxylic acids is 1. The summed E-state index contributed by atoms with van der Waals surface area (Å²) in [5, 5.41) is 18.4. The number of benzene rings is 1. The van der Waals surface area contributed by atoms with Crippen molar-refractivity contribution in [3.63, 3.8) is 0 Å². The molecule has 0 spiro atoms. The first-order chi connectivity index (χ1) is 7.60. The fraction of sp³-hybridized carbons (Fsp3) is 0.200. The number of methoxy groups -OCH3 is 1. The summed E-state index contributed by atoms with van der Waals surface area (Å²) < 4.78 is 4.80. The van der Waals surface area contributed by atoms with Crippen LogP contribution in [0.1, 0.15) is 15.9 Å². The highest BCUT2D eigenvalue weighted by Crippen LogP contribution is 2.31. The smallest absolute Gasteiger partial charge is 0.335 e. The first kappa shape index (κ1) is 11.7. The van der Waals surface area contributed by atoms with E-state index >= 15 is 0 Å². The Morgan fingerprint density at radius 1 is 1.56 bits per heavy atom. The van der Waals surface area contributed by atoms with Gasteiger partial charge in [0.25, 0.3) is 0 Å². The summed E-state index contributed by atoms with van der Waals surface area (Å²) in [5.41, 5.74) is 0.144. The van der Waals surface area contributed by atoms with E-state index in [4.69, 9.17) is 9.84 Å². The molecule has 0 aliphatic rings. The molecule has 0 bridgehead atoms. The quantitative estimate of drug-likeness (QED) is 0.584. The molecule has 0 aromatic heterocycles. The maximum Gasteiger partial charge on any atom is 0.335 e. The van der Waals surface area contributed by atoms with Gasteiger partial charge in [0, 0.05) is 5.56 Å². The molecule has 1 rings (SSSR count). The lowest BCUT2D eigenvalue weighted by molar-refractivity contribution is 0.0696. The van der Waals surface area contributed by atoms with Crippen LogP contribution in [0.5, 0.6) is 11.5 Å². The summed E-state index contributed by atoms with van der Waals surface area (Å²) in [6.07, 6.45) is 1.31. The fourth-order valence-corrected chi connectivity index (χ4v) is 1.18. The van der Waals surface area contributed by atoms with E-state index in [1.54, 1.807) is 0 Å². The minimum atomic E-state index is -1.16. The number of carboxylic acid groups (broad SMARTS) is 1. The van der Waals surface area contributed by atoms with Crippen molar-refractivity contribution in [3.8, 4) is 11.5 Å². The lowest BCUT2D eigenvalue weighted by Crippen LogP contribution is -1.99. The zero-order valence-corrected chi connectivity index (χ0v) is 8.43. The number of phenols is 1. The summed E-state index contributed by atoms with van der Waals surface area (Å²) >= 11 is 0. The van der Waals surface area contributed by atoms with E-state index in [1.165, 1.54) is 25.3 Å². The molecule has 0 atom stereocenters. The summed E-state index contributed by atoms with van der Waals surface area (Å²) in [5.74, 6) is -1.36. The third-order valence-corrected chi connectivity index (χ3v) is 1.93. The summed E-state index contributed by atoms with van der Waals surface area (Å²) in [6, 6.07) is 2.41. The second-order valence-electron chi connectivity index (χ2n) is 2.90. The minimum Gasteiger partial charge on any atom is -0.504 e. The topological polar surface area (TPSA) is 96.2 Å². The Bertz CT molecular complexity index is 463. The zero-order valence-electron chi connectivity index (χ0n) is 8.43. The standard InChI is InChI=1S/C10H9NO5/c1-16-8-3-6(10(14)15)2-7(9(8)13)4-11-5-12/h2-3,13H,4H2,1H3,(H,14,15). The molecule has 0 amide bonds. The van der Waals surface area contributed by atoms with Gasteiger partial charge in [0.2, 0.25) is 6.08 Å². The molecule has 0 aliphatic carbocycles. The van der Waals surface area contributed by atoms with E-state index < -0.39 is 5.97 Å². The Balaban J connectivity index is 3.28. The number of aromatic hydroxyl groups is 1. The van der Waals surface area contributed by atoms with Gasteiger partial charge in [0.15, 0.2) is 11.5 Å². The highest BCUT2D eigenvalue weighted by atomic mass is 16.5. The summed E-state index contributed by atoms with van der Waals surface area (Å²) in [7, 11) is 1.30. The van der Waals surface area contributed by atoms with Gasteiger partial charge in [-0.1, -0.05) is 0 Å². The monoisotopic (exact) mass is 223 g/mol. The second kappa shape index (κ2) is 4.95. The van der Waals surface area contributed by atoms with Crippen LogP contribution in [0.25, 0.3) is 0 Å². The van der Waals surface area contributed by atoms with Crippen LogP contribution in [0.4, 0.5) is 0 Å². The largest absolute Gasteiger partial charge is 0.504 e. The van der Waals surface area contributed by atoms with Gasteiger partial charge in [0.05, 0.1) is 19.2 Å². The van der Waals surface area contributed by atoms with Crippen molar-refractivity contribution in [1.29, 1.82) is 0 Å². The van der Waals surface area contributed by atoms with Crippen molar-refractivity contribution in [2.75, 3.05) is 7.11 Å². The molecule has 0 radical (unpaired) electrons. The van der Waals surface area contributed by atoms with Crippen molar-refractivity contribution >= 4 is 12.0 Å². The van der Waals surface area contributed by atoms with Crippen molar-refractivity contribution in [3.05, 3.63) is 23.3 Å². The highest BCUT2D eigenvalue weighted by molar-refractivity contribution is 5.89. The maximum atomic E-state index is 10.8. The molecule has 1 aromatic rings. The molecule has 0 fully saturated rings. The van der Waals surface area contributed by atoms with Gasteiger partial charge in [0.1, 0.15) is 0 Å². The van der Waals surface area contributed by atoms with Gasteiger partial charge in [-0.3, -0.25) is 0 Å². The van der Waals surface area contributed by atoms with Crippen molar-refractivity contribution in [1.82, 2.24) is 0 Å². The molecule has 0 saturated carbocycles. The minimum absolute atomic E-state index is 0.0241. The first-order valence-corrected chi connectivity index (χ1v) is 4.27. The van der Waals surface area contributed by atoms with Crippen molar-refractivity contribution in [2.45, 2.75) is 6.54 Å². The molecule has 0 unspecified atom stereocenters. The van der Waals surface area contributed by atoms with E-state index in [0.29, 0.717) is 0 Å². The number of nitrogens with zero attached hydrogens (tertiary/aromatic N) is 1. The molecule has 6 heteroatoms. The van der Waals surface area contributed by atoms with Crippen LogP contribution in [-0.2, 0) is 11.3 Å². The molecule has 16 heavy (non-hydrogen) atoms. The van der Waals surface area contributed by atoms with E-state index in [-0.39, 0.29) is 29.2 Å². The van der Waals surface area contributed by atoms with Crippen molar-refractivity contribution < 1.29 is 24.5 Å². The van der Waals surface area contributed by atoms with Gasteiger partial charge in [-0.25, -0.2) is 14.6 Å². The molecular weight excluding hydrogens is 214 g/mol. The second-order valence-corrected chi connectivity index (χ2v) is 2.90. The summed E-state index contributed by atoms with van der Waals surface area (Å²) in [6.45, 7) is -0.146. The molecule has 0 heterocycles. The first-order valence-electron chi connectivity index (χ1n) is 4.27. The average molecular weight is 223 g/mol. The van der Waals surface area contributed by atoms with E-state index in [2.05, 4.69) is 4.99 Å². The number of aliphatic imine (C=N–C) groups is 1. The van der Waals surface area contributed by atoms with E-state index in [9.17, 15) is 14.7 Å². The van der Waals surface area contributed by atoms with Crippen LogP contribution in [0, 0.1) is 0 Å². The Hall–Kier alpha value is -2.33. The lowest BCUT2D eigenvalue weighted by Gasteiger charge is -2.08. The maximum absolute atomic E-state index is 10.8. The number of carboxylic acids is 1. The Kier molecular flexibility index (Phi) is 3.63. The molecule has 0 saturated heterocycles. The number of ether oxygens (including phenoxy) is 1. The number of rotatable bonds is 4. The van der Waals surface area contributed by atoms with Crippen LogP contribution in [0.15, 0.2) is 17.1 Å². The van der Waals surface area contributed by atoms with Gasteiger partial charge in [-0.05, 0) is 12.1 Å². The predicted octanol–water partition coefficient (Wildman–Crippen LogP) is 0.935. The van der Waals surface area contributed by atoms with Gasteiger partial charge < -0.3 is 14.9 Å². The number of carbonyl (C=O) groups is 1. The van der Waals surface area contributed by atoms with Crippen LogP contribution >= 0.6 is 0 Å². The molecule has 6 nitrogen and oxygen atoms in total. The fourth-order valence-electron chi connectivity index (χ4n) is 1.18. The van der Waals surface area contributed by atoms with Crippen molar-refractivity contribution in [2.24, 2.45) is 4.99 Å². The predicted molar refractivity (Wildman–Crippen MR) is 53.4 cm³/mol. The lowest BCUT2D eigenvalue weighted by atomic mass is 10.1. The van der Waals surface area contributed by atoms with Gasteiger partial charge in [-0.15, -0.1) is 0 Å². The molecule has 0 aliphatic heterocycles. The zero-order chi connectivity index (χ0) is 12.1. The molecule has 1 aromatic carbocycles. The summed E-state index contributed by atoms with van der Waals surface area (Å²) in [4.78, 5) is 24.0. The number of isocyanates is 1. The Morgan fingerprint density at radius 3 is 2.75 bits per heavy atom. The van der Waals surface area contributed by atoms with E-state index in [0.717, 1.165) is 0 Å². The Morgan fingerprint density at radius 2 is 2.25 bits per heavy atom. The van der Waals surface area contributed by atoms with Crippen LogP contribution < -0.4 is 4.74 Å². The van der Waals surface area contributed by atoms with Crippen LogP contribution in [0.2, 0.25) is 0 Å². The molecule has 84 valence electrons. The molecule has 2 N–H and O–H groups in total. The normalized spacial score (nSPS) is 9.31. The third-order valence-electron chi connectivity index (χ3n) is 1.93. The molecular formula is C10H9NO5. The highest BCUT2D eigenvalue weighted by Gasteiger charge is 2.13. The van der Waals surface area contributed by atoms with Gasteiger partial charge in [-0.2, -0.15) is 0 Å². The number of hydrogen-bond acceptors (Lipinski definition) is 5.